The summed E-state index contributed by atoms with van der Waals surface area (Å²) in [6.45, 7) is 0. The maximum absolute atomic E-state index is 12.9. The first-order valence-corrected chi connectivity index (χ1v) is 9.72. The lowest BCUT2D eigenvalue weighted by atomic mass is 10.0. The van der Waals surface area contributed by atoms with E-state index in [1.807, 2.05) is 0 Å². The van der Waals surface area contributed by atoms with Gasteiger partial charge in [0.1, 0.15) is 5.70 Å². The number of hydrogen-bond donors (Lipinski definition) is 1. The van der Waals surface area contributed by atoms with Gasteiger partial charge in [-0.05, 0) is 11.1 Å². The zero-order valence-electron chi connectivity index (χ0n) is 18.2. The highest BCUT2D eigenvalue weighted by molar-refractivity contribution is 7.86. The standard InChI is InChI=1S/C20H19NO7S/c1-26-16(22)11-13-7-9-15(10-8-13)18-17(23)19(20(21)27-18)28-29(24,25)12-14-5-3-2-4-6-14/h2-10,18H,11-12,21H2,1H3/t18-/m0/s1/i12D2,18D. The second kappa shape index (κ2) is 8.36. The molecule has 0 fully saturated rings. The van der Waals surface area contributed by atoms with Gasteiger partial charge in [0.25, 0.3) is 0 Å². The van der Waals surface area contributed by atoms with Crippen LogP contribution >= 0.6 is 0 Å². The van der Waals surface area contributed by atoms with Crippen molar-refractivity contribution >= 4 is 21.9 Å². The second-order valence-corrected chi connectivity index (χ2v) is 7.19. The molecule has 1 aliphatic rings. The van der Waals surface area contributed by atoms with Crippen LogP contribution in [-0.2, 0) is 45.5 Å². The summed E-state index contributed by atoms with van der Waals surface area (Å²) < 4.78 is 64.1. The van der Waals surface area contributed by atoms with E-state index in [-0.39, 0.29) is 17.5 Å². The Balaban J connectivity index is 1.86. The van der Waals surface area contributed by atoms with Gasteiger partial charge in [-0.3, -0.25) is 9.59 Å². The molecule has 9 heteroatoms. The third-order valence-corrected chi connectivity index (χ3v) is 4.72. The van der Waals surface area contributed by atoms with Crippen molar-refractivity contribution in [3.8, 4) is 0 Å². The first kappa shape index (κ1) is 16.6. The van der Waals surface area contributed by atoms with E-state index < -0.39 is 45.3 Å². The van der Waals surface area contributed by atoms with Crippen molar-refractivity contribution in [2.24, 2.45) is 5.73 Å². The fourth-order valence-electron chi connectivity index (χ4n) is 2.48. The monoisotopic (exact) mass is 420 g/mol. The number of nitrogens with two attached hydrogens (primary N) is 1. The van der Waals surface area contributed by atoms with E-state index in [1.165, 1.54) is 55.6 Å². The van der Waals surface area contributed by atoms with Crippen LogP contribution in [0.25, 0.3) is 0 Å². The van der Waals surface area contributed by atoms with Gasteiger partial charge in [-0.1, -0.05) is 54.6 Å². The fraction of sp³-hybridized carbons (Fsp3) is 0.200. The van der Waals surface area contributed by atoms with Crippen molar-refractivity contribution in [2.75, 3.05) is 7.11 Å². The predicted molar refractivity (Wildman–Crippen MR) is 102 cm³/mol. The average Bonchev–Trinajstić information content (AvgIpc) is 2.98. The highest BCUT2D eigenvalue weighted by atomic mass is 32.2. The van der Waals surface area contributed by atoms with Gasteiger partial charge < -0.3 is 19.4 Å². The molecule has 0 aromatic heterocycles. The third kappa shape index (κ3) is 4.94. The number of carbonyl (C=O) groups is 2. The molecule has 3 rings (SSSR count). The van der Waals surface area contributed by atoms with Gasteiger partial charge in [0, 0.05) is 5.56 Å². The minimum atomic E-state index is -5.06. The Morgan fingerprint density at radius 2 is 1.83 bits per heavy atom. The molecule has 0 radical (unpaired) electrons. The van der Waals surface area contributed by atoms with Crippen LogP contribution in [0.5, 0.6) is 0 Å². The van der Waals surface area contributed by atoms with Crippen molar-refractivity contribution in [2.45, 2.75) is 18.2 Å². The van der Waals surface area contributed by atoms with Crippen LogP contribution in [0.2, 0.25) is 0 Å². The number of ketones is 1. The molecule has 2 aromatic carbocycles. The number of benzene rings is 2. The molecule has 0 saturated carbocycles. The first-order valence-electron chi connectivity index (χ1n) is 9.81. The SMILES string of the molecule is [2H]C([2H])(c1ccccc1)S(=O)(=O)OC1=C(N)O[C@@]([2H])(c2ccc(CC(=O)OC)cc2)C1=O. The van der Waals surface area contributed by atoms with E-state index in [2.05, 4.69) is 4.74 Å². The zero-order chi connectivity index (χ0) is 23.7. The van der Waals surface area contributed by atoms with Crippen LogP contribution in [0.3, 0.4) is 0 Å². The molecule has 2 aromatic rings. The van der Waals surface area contributed by atoms with E-state index in [1.54, 1.807) is 6.07 Å². The van der Waals surface area contributed by atoms with Crippen molar-refractivity contribution in [3.05, 3.63) is 82.9 Å². The Labute approximate surface area is 172 Å². The summed E-state index contributed by atoms with van der Waals surface area (Å²) in [5, 5.41) is 0. The number of hydrogen-bond acceptors (Lipinski definition) is 8. The highest BCUT2D eigenvalue weighted by Crippen LogP contribution is 2.32. The summed E-state index contributed by atoms with van der Waals surface area (Å²) in [6, 6.07) is 12.6. The van der Waals surface area contributed by atoms with E-state index in [0.29, 0.717) is 5.56 Å². The lowest BCUT2D eigenvalue weighted by Gasteiger charge is -2.10. The lowest BCUT2D eigenvalue weighted by Crippen LogP contribution is -2.16. The summed E-state index contributed by atoms with van der Waals surface area (Å²) in [5.74, 6) is -3.45. The van der Waals surface area contributed by atoms with Gasteiger partial charge in [-0.2, -0.15) is 8.42 Å². The quantitative estimate of drug-likeness (QED) is 0.531. The molecule has 0 amide bonds. The van der Waals surface area contributed by atoms with E-state index in [0.717, 1.165) is 0 Å². The topological polar surface area (TPSA) is 122 Å². The first-order chi connectivity index (χ1) is 14.9. The van der Waals surface area contributed by atoms with Crippen molar-refractivity contribution in [1.29, 1.82) is 0 Å². The van der Waals surface area contributed by atoms with E-state index in [9.17, 15) is 18.0 Å². The van der Waals surface area contributed by atoms with Crippen LogP contribution < -0.4 is 5.73 Å². The molecule has 8 nitrogen and oxygen atoms in total. The van der Waals surface area contributed by atoms with E-state index >= 15 is 0 Å². The molecular formula is C20H19NO7S. The molecule has 0 spiro atoms. The summed E-state index contributed by atoms with van der Waals surface area (Å²) in [6.07, 6.45) is -2.48. The molecule has 0 unspecified atom stereocenters. The minimum absolute atomic E-state index is 0.00105. The number of Topliss-reactive ketones (excluding diaryl/α,β-unsaturated/α-hetero) is 1. The molecule has 0 bridgehead atoms. The predicted octanol–water partition coefficient (Wildman–Crippen LogP) is 1.72. The maximum Gasteiger partial charge on any atom is 0.313 e. The number of esters is 1. The average molecular weight is 420 g/mol. The summed E-state index contributed by atoms with van der Waals surface area (Å²) in [5.41, 5.74) is 2.95. The minimum Gasteiger partial charge on any atom is -0.469 e. The number of carbonyl (C=O) groups excluding carboxylic acids is 2. The number of ether oxygens (including phenoxy) is 2. The van der Waals surface area contributed by atoms with Gasteiger partial charge in [-0.15, -0.1) is 0 Å². The highest BCUT2D eigenvalue weighted by Gasteiger charge is 2.39. The van der Waals surface area contributed by atoms with Crippen LogP contribution in [-0.4, -0.2) is 27.3 Å². The molecule has 0 saturated heterocycles. The summed E-state index contributed by atoms with van der Waals surface area (Å²) in [7, 11) is -3.82. The number of rotatable bonds is 7. The molecule has 152 valence electrons. The Morgan fingerprint density at radius 1 is 1.17 bits per heavy atom. The molecule has 0 aliphatic carbocycles. The molecule has 1 heterocycles. The van der Waals surface area contributed by atoms with Crippen molar-refractivity contribution in [3.63, 3.8) is 0 Å². The van der Waals surface area contributed by atoms with Crippen LogP contribution in [0, 0.1) is 0 Å². The van der Waals surface area contributed by atoms with Crippen molar-refractivity contribution < 1.29 is 35.8 Å². The molecule has 2 N–H and O–H groups in total. The maximum atomic E-state index is 12.9. The van der Waals surface area contributed by atoms with Gasteiger partial charge in [0.15, 0.2) is 6.08 Å². The number of methoxy groups -OCH3 is 1. The molecule has 1 atom stereocenters. The van der Waals surface area contributed by atoms with Gasteiger partial charge in [-0.25, -0.2) is 0 Å². The van der Waals surface area contributed by atoms with Gasteiger partial charge >= 0.3 is 16.1 Å². The second-order valence-electron chi connectivity index (χ2n) is 5.91. The Hall–Kier alpha value is -3.33. The summed E-state index contributed by atoms with van der Waals surface area (Å²) in [4.78, 5) is 24.2. The lowest BCUT2D eigenvalue weighted by molar-refractivity contribution is -0.139. The van der Waals surface area contributed by atoms with Gasteiger partial charge in [0.05, 0.1) is 17.6 Å². The fourth-order valence-corrected chi connectivity index (χ4v) is 3.32. The third-order valence-electron chi connectivity index (χ3n) is 3.85. The Bertz CT molecular complexity index is 1180. The zero-order valence-corrected chi connectivity index (χ0v) is 16.1. The largest absolute Gasteiger partial charge is 0.469 e. The Kier molecular flexibility index (Phi) is 4.79. The van der Waals surface area contributed by atoms with Gasteiger partial charge in [0.2, 0.25) is 17.4 Å². The van der Waals surface area contributed by atoms with Crippen LogP contribution in [0.1, 0.15) is 26.9 Å². The van der Waals surface area contributed by atoms with Crippen LogP contribution in [0.4, 0.5) is 0 Å². The van der Waals surface area contributed by atoms with E-state index in [4.69, 9.17) is 18.8 Å². The van der Waals surface area contributed by atoms with Crippen LogP contribution in [0.15, 0.2) is 66.2 Å². The molecule has 1 aliphatic heterocycles. The normalized spacial score (nSPS) is 21.0. The molecule has 29 heavy (non-hydrogen) atoms. The smallest absolute Gasteiger partial charge is 0.313 e. The summed E-state index contributed by atoms with van der Waals surface area (Å²) >= 11 is 0. The molecular weight excluding hydrogens is 398 g/mol. The Morgan fingerprint density at radius 3 is 2.45 bits per heavy atom. The van der Waals surface area contributed by atoms with Crippen molar-refractivity contribution in [1.82, 2.24) is 0 Å².